The first-order valence-electron chi connectivity index (χ1n) is 7.91. The summed E-state index contributed by atoms with van der Waals surface area (Å²) in [4.78, 5) is 13.7. The van der Waals surface area contributed by atoms with Crippen molar-refractivity contribution >= 4 is 23.5 Å². The van der Waals surface area contributed by atoms with Gasteiger partial charge in [-0.15, -0.1) is 11.3 Å². The van der Waals surface area contributed by atoms with Gasteiger partial charge in [-0.3, -0.25) is 4.79 Å². The SMILES string of the molecule is CC(C)(C)[C@@H]1CCc2c(C(=O)NN=Cc3ccco3)csc2C1. The Bertz CT molecular complexity index is 708. The maximum absolute atomic E-state index is 12.3. The molecule has 1 N–H and O–H groups in total. The highest BCUT2D eigenvalue weighted by Crippen LogP contribution is 2.40. The van der Waals surface area contributed by atoms with Crippen LogP contribution in [0.15, 0.2) is 33.3 Å². The first kappa shape index (κ1) is 16.0. The summed E-state index contributed by atoms with van der Waals surface area (Å²) < 4.78 is 5.14. The van der Waals surface area contributed by atoms with Crippen LogP contribution in [0.2, 0.25) is 0 Å². The number of carbonyl (C=O) groups is 1. The monoisotopic (exact) mass is 330 g/mol. The van der Waals surface area contributed by atoms with Gasteiger partial charge in [-0.1, -0.05) is 20.8 Å². The molecule has 1 aliphatic rings. The number of hydrogen-bond acceptors (Lipinski definition) is 4. The van der Waals surface area contributed by atoms with Crippen molar-refractivity contribution in [1.29, 1.82) is 0 Å². The fourth-order valence-electron chi connectivity index (χ4n) is 3.02. The number of fused-ring (bicyclic) bond motifs is 1. The van der Waals surface area contributed by atoms with E-state index >= 15 is 0 Å². The largest absolute Gasteiger partial charge is 0.463 e. The van der Waals surface area contributed by atoms with E-state index in [9.17, 15) is 4.79 Å². The minimum absolute atomic E-state index is 0.139. The zero-order valence-electron chi connectivity index (χ0n) is 13.8. The first-order chi connectivity index (χ1) is 10.9. The van der Waals surface area contributed by atoms with Gasteiger partial charge in [-0.25, -0.2) is 5.43 Å². The van der Waals surface area contributed by atoms with Gasteiger partial charge in [-0.05, 0) is 48.3 Å². The molecule has 4 nitrogen and oxygen atoms in total. The second kappa shape index (κ2) is 6.32. The summed E-state index contributed by atoms with van der Waals surface area (Å²) in [6.45, 7) is 6.90. The van der Waals surface area contributed by atoms with Gasteiger partial charge >= 0.3 is 0 Å². The Hall–Kier alpha value is -1.88. The van der Waals surface area contributed by atoms with Gasteiger partial charge in [0.25, 0.3) is 5.91 Å². The van der Waals surface area contributed by atoms with E-state index in [-0.39, 0.29) is 5.91 Å². The predicted molar refractivity (Wildman–Crippen MR) is 93.1 cm³/mol. The Morgan fingerprint density at radius 1 is 1.48 bits per heavy atom. The number of amides is 1. The van der Waals surface area contributed by atoms with Gasteiger partial charge in [0.15, 0.2) is 0 Å². The molecule has 0 fully saturated rings. The fraction of sp³-hybridized carbons (Fsp3) is 0.444. The Morgan fingerprint density at radius 2 is 2.30 bits per heavy atom. The van der Waals surface area contributed by atoms with Crippen molar-refractivity contribution in [3.63, 3.8) is 0 Å². The third kappa shape index (κ3) is 3.55. The lowest BCUT2D eigenvalue weighted by atomic mass is 9.72. The Morgan fingerprint density at radius 3 is 3.00 bits per heavy atom. The van der Waals surface area contributed by atoms with Crippen molar-refractivity contribution in [2.45, 2.75) is 40.0 Å². The van der Waals surface area contributed by atoms with Crippen LogP contribution in [0.5, 0.6) is 0 Å². The summed E-state index contributed by atoms with van der Waals surface area (Å²) >= 11 is 1.70. The Labute approximate surface area is 140 Å². The molecule has 0 bridgehead atoms. The number of hydrogen-bond donors (Lipinski definition) is 1. The number of nitrogens with zero attached hydrogens (tertiary/aromatic N) is 1. The summed E-state index contributed by atoms with van der Waals surface area (Å²) in [5.41, 5.74) is 4.89. The summed E-state index contributed by atoms with van der Waals surface area (Å²) in [6, 6.07) is 3.57. The Kier molecular flexibility index (Phi) is 4.39. The summed E-state index contributed by atoms with van der Waals surface area (Å²) in [7, 11) is 0. The molecule has 0 saturated carbocycles. The van der Waals surface area contributed by atoms with E-state index in [0.717, 1.165) is 24.8 Å². The molecule has 0 aliphatic heterocycles. The normalized spacial score (nSPS) is 18.1. The van der Waals surface area contributed by atoms with Crippen molar-refractivity contribution in [3.05, 3.63) is 45.5 Å². The molecule has 1 amide bonds. The minimum Gasteiger partial charge on any atom is -0.463 e. The molecule has 0 spiro atoms. The second-order valence-electron chi connectivity index (χ2n) is 7.07. The lowest BCUT2D eigenvalue weighted by Gasteiger charge is -2.33. The molecule has 3 rings (SSSR count). The van der Waals surface area contributed by atoms with Crippen molar-refractivity contribution in [2.75, 3.05) is 0 Å². The molecule has 0 aromatic carbocycles. The summed E-state index contributed by atoms with van der Waals surface area (Å²) in [6.07, 6.45) is 6.28. The van der Waals surface area contributed by atoms with Crippen LogP contribution in [0, 0.1) is 11.3 Å². The second-order valence-corrected chi connectivity index (χ2v) is 8.04. The third-order valence-corrected chi connectivity index (χ3v) is 5.58. The molecule has 2 aromatic heterocycles. The topological polar surface area (TPSA) is 54.6 Å². The highest BCUT2D eigenvalue weighted by atomic mass is 32.1. The minimum atomic E-state index is -0.139. The van der Waals surface area contributed by atoms with Crippen molar-refractivity contribution in [1.82, 2.24) is 5.43 Å². The summed E-state index contributed by atoms with van der Waals surface area (Å²) in [5.74, 6) is 1.16. The average Bonchev–Trinajstić information content (AvgIpc) is 3.14. The predicted octanol–water partition coefficient (Wildman–Crippen LogP) is 4.26. The lowest BCUT2D eigenvalue weighted by Crippen LogP contribution is -2.27. The molecule has 2 heterocycles. The van der Waals surface area contributed by atoms with E-state index in [1.54, 1.807) is 29.7 Å². The lowest BCUT2D eigenvalue weighted by molar-refractivity contribution is 0.0954. The number of carbonyl (C=O) groups excluding carboxylic acids is 1. The van der Waals surface area contributed by atoms with Gasteiger partial charge < -0.3 is 4.42 Å². The molecule has 23 heavy (non-hydrogen) atoms. The van der Waals surface area contributed by atoms with Crippen LogP contribution in [0.25, 0.3) is 0 Å². The van der Waals surface area contributed by atoms with E-state index in [4.69, 9.17) is 4.42 Å². The number of nitrogens with one attached hydrogen (secondary N) is 1. The maximum atomic E-state index is 12.3. The molecule has 0 unspecified atom stereocenters. The smallest absolute Gasteiger partial charge is 0.272 e. The van der Waals surface area contributed by atoms with Gasteiger partial charge in [0, 0.05) is 10.3 Å². The molecular formula is C18H22N2O2S. The van der Waals surface area contributed by atoms with E-state index < -0.39 is 0 Å². The number of furan rings is 1. The zero-order chi connectivity index (χ0) is 16.4. The Balaban J connectivity index is 1.68. The van der Waals surface area contributed by atoms with Crippen LogP contribution in [0.1, 0.15) is 53.8 Å². The van der Waals surface area contributed by atoms with E-state index in [0.29, 0.717) is 17.1 Å². The van der Waals surface area contributed by atoms with Crippen LogP contribution in [0.4, 0.5) is 0 Å². The van der Waals surface area contributed by atoms with E-state index in [1.807, 2.05) is 5.38 Å². The van der Waals surface area contributed by atoms with Gasteiger partial charge in [0.1, 0.15) is 5.76 Å². The molecule has 2 aromatic rings. The maximum Gasteiger partial charge on any atom is 0.272 e. The fourth-order valence-corrected chi connectivity index (χ4v) is 4.18. The molecular weight excluding hydrogens is 308 g/mol. The van der Waals surface area contributed by atoms with Crippen LogP contribution < -0.4 is 5.43 Å². The summed E-state index contributed by atoms with van der Waals surface area (Å²) in [5, 5.41) is 5.92. The highest BCUT2D eigenvalue weighted by molar-refractivity contribution is 7.10. The molecule has 0 radical (unpaired) electrons. The average molecular weight is 330 g/mol. The van der Waals surface area contributed by atoms with Crippen LogP contribution in [-0.2, 0) is 12.8 Å². The van der Waals surface area contributed by atoms with Gasteiger partial charge in [0.05, 0.1) is 18.0 Å². The zero-order valence-corrected chi connectivity index (χ0v) is 14.6. The first-order valence-corrected chi connectivity index (χ1v) is 8.79. The van der Waals surface area contributed by atoms with Crippen LogP contribution in [-0.4, -0.2) is 12.1 Å². The standard InChI is InChI=1S/C18H22N2O2S/c1-18(2,3)12-6-7-14-15(11-23-16(14)9-12)17(21)20-19-10-13-5-4-8-22-13/h4-5,8,10-12H,6-7,9H2,1-3H3,(H,20,21)/t12-/m1/s1. The number of hydrazone groups is 1. The molecule has 1 aliphatic carbocycles. The van der Waals surface area contributed by atoms with Gasteiger partial charge in [-0.2, -0.15) is 5.10 Å². The molecule has 1 atom stereocenters. The van der Waals surface area contributed by atoms with Crippen molar-refractivity contribution in [3.8, 4) is 0 Å². The highest BCUT2D eigenvalue weighted by Gasteiger charge is 2.31. The van der Waals surface area contributed by atoms with E-state index in [2.05, 4.69) is 31.3 Å². The number of thiophene rings is 1. The van der Waals surface area contributed by atoms with Crippen molar-refractivity contribution < 1.29 is 9.21 Å². The van der Waals surface area contributed by atoms with E-state index in [1.165, 1.54) is 16.7 Å². The van der Waals surface area contributed by atoms with Gasteiger partial charge in [0.2, 0.25) is 0 Å². The number of rotatable bonds is 3. The molecule has 122 valence electrons. The van der Waals surface area contributed by atoms with Crippen LogP contribution >= 0.6 is 11.3 Å². The quantitative estimate of drug-likeness (QED) is 0.675. The van der Waals surface area contributed by atoms with Crippen molar-refractivity contribution in [2.24, 2.45) is 16.4 Å². The molecule has 0 saturated heterocycles. The third-order valence-electron chi connectivity index (χ3n) is 4.53. The van der Waals surface area contributed by atoms with Crippen LogP contribution in [0.3, 0.4) is 0 Å². The molecule has 5 heteroatoms.